The Kier molecular flexibility index (Phi) is 3.22. The van der Waals surface area contributed by atoms with Crippen molar-refractivity contribution < 1.29 is 9.59 Å². The summed E-state index contributed by atoms with van der Waals surface area (Å²) in [5.74, 6) is -0.630. The third-order valence-electron chi connectivity index (χ3n) is 3.82. The number of amides is 2. The van der Waals surface area contributed by atoms with Crippen LogP contribution in [0, 0.1) is 0 Å². The summed E-state index contributed by atoms with van der Waals surface area (Å²) in [5, 5.41) is 0. The number of benzene rings is 2. The second kappa shape index (κ2) is 5.05. The van der Waals surface area contributed by atoms with Crippen molar-refractivity contribution in [3.63, 3.8) is 0 Å². The van der Waals surface area contributed by atoms with E-state index in [1.165, 1.54) is 5.56 Å². The lowest BCUT2D eigenvalue weighted by Gasteiger charge is -2.23. The average molecular weight is 280 g/mol. The molecule has 2 aromatic rings. The van der Waals surface area contributed by atoms with Gasteiger partial charge in [0, 0.05) is 22.9 Å². The molecular formula is C17H16N2O2. The number of para-hydroxylation sites is 1. The molecule has 3 rings (SSSR count). The van der Waals surface area contributed by atoms with Crippen LogP contribution >= 0.6 is 0 Å². The molecule has 0 bridgehead atoms. The Labute approximate surface area is 123 Å². The highest BCUT2D eigenvalue weighted by molar-refractivity contribution is 6.09. The number of primary amides is 1. The van der Waals surface area contributed by atoms with Crippen LogP contribution in [0.25, 0.3) is 0 Å². The fourth-order valence-corrected chi connectivity index (χ4v) is 2.82. The Morgan fingerprint density at radius 1 is 1.10 bits per heavy atom. The lowest BCUT2D eigenvalue weighted by molar-refractivity contribution is 0.0981. The maximum absolute atomic E-state index is 12.8. The Morgan fingerprint density at radius 2 is 1.81 bits per heavy atom. The minimum absolute atomic E-state index is 0.101. The van der Waals surface area contributed by atoms with Crippen molar-refractivity contribution in [2.45, 2.75) is 19.4 Å². The maximum Gasteiger partial charge on any atom is 0.258 e. The van der Waals surface area contributed by atoms with Gasteiger partial charge in [0.1, 0.15) is 0 Å². The second-order valence-corrected chi connectivity index (χ2v) is 5.30. The van der Waals surface area contributed by atoms with Crippen molar-refractivity contribution in [3.05, 3.63) is 65.2 Å². The Hall–Kier alpha value is -2.62. The summed E-state index contributed by atoms with van der Waals surface area (Å²) in [6.45, 7) is 2.02. The number of hydrogen-bond acceptors (Lipinski definition) is 2. The van der Waals surface area contributed by atoms with Gasteiger partial charge in [-0.15, -0.1) is 0 Å². The molecule has 2 N–H and O–H groups in total. The normalized spacial score (nSPS) is 16.6. The van der Waals surface area contributed by atoms with E-state index in [1.807, 2.05) is 31.2 Å². The van der Waals surface area contributed by atoms with E-state index >= 15 is 0 Å². The van der Waals surface area contributed by atoms with Gasteiger partial charge in [0.05, 0.1) is 0 Å². The third kappa shape index (κ3) is 2.29. The molecule has 2 amide bonds. The number of carbonyl (C=O) groups is 2. The first-order valence-corrected chi connectivity index (χ1v) is 6.89. The average Bonchev–Trinajstić information content (AvgIpc) is 2.82. The van der Waals surface area contributed by atoms with E-state index < -0.39 is 5.91 Å². The molecular weight excluding hydrogens is 264 g/mol. The van der Waals surface area contributed by atoms with Crippen molar-refractivity contribution in [1.82, 2.24) is 0 Å². The van der Waals surface area contributed by atoms with Gasteiger partial charge in [-0.05, 0) is 43.2 Å². The highest BCUT2D eigenvalue weighted by Gasteiger charge is 2.31. The number of rotatable bonds is 2. The molecule has 1 atom stereocenters. The van der Waals surface area contributed by atoms with E-state index in [0.29, 0.717) is 11.1 Å². The topological polar surface area (TPSA) is 63.4 Å². The quantitative estimate of drug-likeness (QED) is 0.918. The molecule has 4 nitrogen and oxygen atoms in total. The van der Waals surface area contributed by atoms with E-state index in [4.69, 9.17) is 5.73 Å². The largest absolute Gasteiger partial charge is 0.366 e. The zero-order valence-corrected chi connectivity index (χ0v) is 11.7. The molecule has 1 aliphatic rings. The van der Waals surface area contributed by atoms with Crippen molar-refractivity contribution in [2.24, 2.45) is 5.73 Å². The molecule has 4 heteroatoms. The van der Waals surface area contributed by atoms with Crippen LogP contribution in [0.3, 0.4) is 0 Å². The van der Waals surface area contributed by atoms with Gasteiger partial charge in [-0.25, -0.2) is 0 Å². The predicted molar refractivity (Wildman–Crippen MR) is 81.4 cm³/mol. The highest BCUT2D eigenvalue weighted by Crippen LogP contribution is 2.33. The summed E-state index contributed by atoms with van der Waals surface area (Å²) in [7, 11) is 0. The number of carbonyl (C=O) groups excluding carboxylic acids is 2. The molecule has 0 radical (unpaired) electrons. The summed E-state index contributed by atoms with van der Waals surface area (Å²) < 4.78 is 0. The molecule has 21 heavy (non-hydrogen) atoms. The molecule has 106 valence electrons. The van der Waals surface area contributed by atoms with E-state index in [0.717, 1.165) is 12.1 Å². The smallest absolute Gasteiger partial charge is 0.258 e. The molecule has 2 aromatic carbocycles. The van der Waals surface area contributed by atoms with Crippen molar-refractivity contribution >= 4 is 17.5 Å². The summed E-state index contributed by atoms with van der Waals surface area (Å²) >= 11 is 0. The Morgan fingerprint density at radius 3 is 2.57 bits per heavy atom. The van der Waals surface area contributed by atoms with Crippen LogP contribution in [0.15, 0.2) is 48.5 Å². The van der Waals surface area contributed by atoms with Gasteiger partial charge in [0.2, 0.25) is 5.91 Å². The number of fused-ring (bicyclic) bond motifs is 1. The lowest BCUT2D eigenvalue weighted by Crippen LogP contribution is -2.35. The minimum atomic E-state index is -0.528. The van der Waals surface area contributed by atoms with E-state index in [9.17, 15) is 9.59 Å². The van der Waals surface area contributed by atoms with Gasteiger partial charge in [0.25, 0.3) is 5.91 Å². The van der Waals surface area contributed by atoms with Gasteiger partial charge >= 0.3 is 0 Å². The molecule has 0 spiro atoms. The fourth-order valence-electron chi connectivity index (χ4n) is 2.82. The highest BCUT2D eigenvalue weighted by atomic mass is 16.2. The Balaban J connectivity index is 1.99. The molecule has 0 saturated heterocycles. The van der Waals surface area contributed by atoms with E-state index in [2.05, 4.69) is 0 Å². The standard InChI is InChI=1S/C17H16N2O2/c1-11-9-12-5-2-3-8-15(12)19(11)17(21)14-7-4-6-13(10-14)16(18)20/h2-8,10-11H,9H2,1H3,(H2,18,20). The van der Waals surface area contributed by atoms with Crippen molar-refractivity contribution in [2.75, 3.05) is 4.90 Å². The van der Waals surface area contributed by atoms with Crippen LogP contribution < -0.4 is 10.6 Å². The zero-order valence-electron chi connectivity index (χ0n) is 11.7. The van der Waals surface area contributed by atoms with Gasteiger partial charge in [-0.1, -0.05) is 24.3 Å². The van der Waals surface area contributed by atoms with Gasteiger partial charge < -0.3 is 10.6 Å². The van der Waals surface area contributed by atoms with Crippen LogP contribution in [0.5, 0.6) is 0 Å². The predicted octanol–water partition coefficient (Wildman–Crippen LogP) is 2.38. The molecule has 0 aromatic heterocycles. The molecule has 0 saturated carbocycles. The van der Waals surface area contributed by atoms with Crippen molar-refractivity contribution in [1.29, 1.82) is 0 Å². The molecule has 0 fully saturated rings. The fraction of sp³-hybridized carbons (Fsp3) is 0.176. The first-order valence-electron chi connectivity index (χ1n) is 6.89. The van der Waals surface area contributed by atoms with Crippen LogP contribution in [0.4, 0.5) is 5.69 Å². The monoisotopic (exact) mass is 280 g/mol. The summed E-state index contributed by atoms with van der Waals surface area (Å²) in [6.07, 6.45) is 0.845. The van der Waals surface area contributed by atoms with Crippen LogP contribution in [0.2, 0.25) is 0 Å². The van der Waals surface area contributed by atoms with Gasteiger partial charge in [0.15, 0.2) is 0 Å². The second-order valence-electron chi connectivity index (χ2n) is 5.30. The molecule has 1 unspecified atom stereocenters. The summed E-state index contributed by atoms with van der Waals surface area (Å²) in [5.41, 5.74) is 8.22. The maximum atomic E-state index is 12.8. The zero-order chi connectivity index (χ0) is 15.0. The van der Waals surface area contributed by atoms with Gasteiger partial charge in [-0.3, -0.25) is 9.59 Å². The number of nitrogens with two attached hydrogens (primary N) is 1. The van der Waals surface area contributed by atoms with E-state index in [-0.39, 0.29) is 11.9 Å². The third-order valence-corrected chi connectivity index (χ3v) is 3.82. The number of nitrogens with zero attached hydrogens (tertiary/aromatic N) is 1. The number of hydrogen-bond donors (Lipinski definition) is 1. The lowest BCUT2D eigenvalue weighted by atomic mass is 10.1. The molecule has 1 heterocycles. The molecule has 0 aliphatic carbocycles. The van der Waals surface area contributed by atoms with Crippen LogP contribution in [-0.2, 0) is 6.42 Å². The SMILES string of the molecule is CC1Cc2ccccc2N1C(=O)c1cccc(C(N)=O)c1. The van der Waals surface area contributed by atoms with Gasteiger partial charge in [-0.2, -0.15) is 0 Å². The van der Waals surface area contributed by atoms with Crippen LogP contribution in [0.1, 0.15) is 33.2 Å². The first kappa shape index (κ1) is 13.4. The Bertz CT molecular complexity index is 724. The summed E-state index contributed by atoms with van der Waals surface area (Å²) in [6, 6.07) is 14.6. The van der Waals surface area contributed by atoms with Crippen molar-refractivity contribution in [3.8, 4) is 0 Å². The molecule has 1 aliphatic heterocycles. The minimum Gasteiger partial charge on any atom is -0.366 e. The first-order chi connectivity index (χ1) is 10.1. The van der Waals surface area contributed by atoms with Crippen LogP contribution in [-0.4, -0.2) is 17.9 Å². The number of anilines is 1. The van der Waals surface area contributed by atoms with E-state index in [1.54, 1.807) is 29.2 Å². The summed E-state index contributed by atoms with van der Waals surface area (Å²) in [4.78, 5) is 25.8.